The summed E-state index contributed by atoms with van der Waals surface area (Å²) in [5, 5.41) is 0. The molecule has 2 N–H and O–H groups in total. The van der Waals surface area contributed by atoms with E-state index in [9.17, 15) is 18.0 Å². The van der Waals surface area contributed by atoms with Crippen molar-refractivity contribution >= 4 is 5.91 Å². The van der Waals surface area contributed by atoms with Crippen LogP contribution in [-0.2, 0) is 4.79 Å². The first-order chi connectivity index (χ1) is 8.28. The van der Waals surface area contributed by atoms with Gasteiger partial charge >= 0.3 is 6.18 Å². The second kappa shape index (κ2) is 4.72. The Balaban J connectivity index is 1.81. The largest absolute Gasteiger partial charge is 0.390 e. The molecule has 0 radical (unpaired) electrons. The fourth-order valence-corrected chi connectivity index (χ4v) is 3.20. The third-order valence-electron chi connectivity index (χ3n) is 4.33. The van der Waals surface area contributed by atoms with Crippen molar-refractivity contribution in [2.75, 3.05) is 13.6 Å². The van der Waals surface area contributed by atoms with Crippen LogP contribution >= 0.6 is 0 Å². The van der Waals surface area contributed by atoms with E-state index in [2.05, 4.69) is 0 Å². The summed E-state index contributed by atoms with van der Waals surface area (Å²) in [4.78, 5) is 13.2. The zero-order valence-corrected chi connectivity index (χ0v) is 10.4. The van der Waals surface area contributed by atoms with Gasteiger partial charge in [-0.3, -0.25) is 4.79 Å². The maximum absolute atomic E-state index is 12.1. The highest BCUT2D eigenvalue weighted by Gasteiger charge is 2.48. The number of fused-ring (bicyclic) bond motifs is 1. The Morgan fingerprint density at radius 1 is 1.33 bits per heavy atom. The average molecular weight is 264 g/mol. The fraction of sp³-hybridized carbons (Fsp3) is 0.917. The molecule has 0 aromatic carbocycles. The molecule has 3 nitrogen and oxygen atoms in total. The summed E-state index contributed by atoms with van der Waals surface area (Å²) in [7, 11) is 1.45. The molecule has 0 aromatic rings. The first kappa shape index (κ1) is 13.6. The van der Waals surface area contributed by atoms with E-state index >= 15 is 0 Å². The number of carbonyl (C=O) groups excluding carboxylic acids is 1. The highest BCUT2D eigenvalue weighted by atomic mass is 19.4. The van der Waals surface area contributed by atoms with Crippen LogP contribution in [0.5, 0.6) is 0 Å². The summed E-state index contributed by atoms with van der Waals surface area (Å²) in [6.07, 6.45) is -2.63. The van der Waals surface area contributed by atoms with Gasteiger partial charge in [0.1, 0.15) is 0 Å². The van der Waals surface area contributed by atoms with Gasteiger partial charge in [-0.2, -0.15) is 13.2 Å². The van der Waals surface area contributed by atoms with Crippen molar-refractivity contribution in [2.24, 2.45) is 23.5 Å². The van der Waals surface area contributed by atoms with Gasteiger partial charge in [0, 0.05) is 25.6 Å². The van der Waals surface area contributed by atoms with E-state index in [1.54, 1.807) is 0 Å². The van der Waals surface area contributed by atoms with Crippen molar-refractivity contribution < 1.29 is 18.0 Å². The summed E-state index contributed by atoms with van der Waals surface area (Å²) in [5.74, 6) is 0.660. The Labute approximate surface area is 104 Å². The topological polar surface area (TPSA) is 46.3 Å². The molecule has 0 heterocycles. The number of nitrogens with zero attached hydrogens (tertiary/aromatic N) is 1. The van der Waals surface area contributed by atoms with Crippen LogP contribution in [-0.4, -0.2) is 36.6 Å². The van der Waals surface area contributed by atoms with E-state index in [1.165, 1.54) is 11.9 Å². The molecule has 0 saturated heterocycles. The zero-order chi connectivity index (χ0) is 13.5. The Bertz CT molecular complexity index is 332. The van der Waals surface area contributed by atoms with Crippen molar-refractivity contribution in [1.29, 1.82) is 0 Å². The molecule has 2 rings (SSSR count). The van der Waals surface area contributed by atoms with Gasteiger partial charge in [0.15, 0.2) is 0 Å². The number of carbonyl (C=O) groups is 1. The lowest BCUT2D eigenvalue weighted by Gasteiger charge is -2.37. The van der Waals surface area contributed by atoms with Crippen LogP contribution in [0.2, 0.25) is 0 Å². The molecule has 1 amide bonds. The smallest absolute Gasteiger partial charge is 0.345 e. The van der Waals surface area contributed by atoms with Crippen molar-refractivity contribution in [1.82, 2.24) is 4.90 Å². The molecular formula is C12H19F3N2O. The van der Waals surface area contributed by atoms with Crippen LogP contribution in [0.15, 0.2) is 0 Å². The van der Waals surface area contributed by atoms with Crippen molar-refractivity contribution in [3.05, 3.63) is 0 Å². The Hall–Kier alpha value is -0.780. The molecule has 2 aliphatic rings. The number of amides is 1. The maximum Gasteiger partial charge on any atom is 0.390 e. The monoisotopic (exact) mass is 264 g/mol. The molecule has 0 aliphatic heterocycles. The normalized spacial score (nSPS) is 34.9. The van der Waals surface area contributed by atoms with Crippen LogP contribution in [0.3, 0.4) is 0 Å². The summed E-state index contributed by atoms with van der Waals surface area (Å²) < 4.78 is 36.3. The van der Waals surface area contributed by atoms with Gasteiger partial charge in [0.05, 0.1) is 6.42 Å². The predicted molar refractivity (Wildman–Crippen MR) is 60.6 cm³/mol. The van der Waals surface area contributed by atoms with Gasteiger partial charge in [-0.25, -0.2) is 0 Å². The van der Waals surface area contributed by atoms with E-state index in [-0.39, 0.29) is 24.4 Å². The predicted octanol–water partition coefficient (Wildman–Crippen LogP) is 1.77. The van der Waals surface area contributed by atoms with E-state index in [1.807, 2.05) is 0 Å². The van der Waals surface area contributed by atoms with E-state index in [0.29, 0.717) is 11.8 Å². The third kappa shape index (κ3) is 2.79. The van der Waals surface area contributed by atoms with Gasteiger partial charge in [0.25, 0.3) is 0 Å². The SMILES string of the molecule is CN(CCC(F)(F)F)C(=O)C1C[C@@H]2C[C@H](N)[C@@H]2C1. The van der Waals surface area contributed by atoms with Crippen molar-refractivity contribution in [3.8, 4) is 0 Å². The molecule has 2 aliphatic carbocycles. The lowest BCUT2D eigenvalue weighted by molar-refractivity contribution is -0.146. The molecule has 0 aromatic heterocycles. The number of nitrogens with two attached hydrogens (primary N) is 1. The Morgan fingerprint density at radius 3 is 2.50 bits per heavy atom. The minimum atomic E-state index is -4.20. The minimum Gasteiger partial charge on any atom is -0.345 e. The third-order valence-corrected chi connectivity index (χ3v) is 4.33. The minimum absolute atomic E-state index is 0.119. The van der Waals surface area contributed by atoms with E-state index in [0.717, 1.165) is 19.3 Å². The van der Waals surface area contributed by atoms with Crippen LogP contribution in [0.4, 0.5) is 13.2 Å². The van der Waals surface area contributed by atoms with Gasteiger partial charge in [0.2, 0.25) is 5.91 Å². The quantitative estimate of drug-likeness (QED) is 0.844. The maximum atomic E-state index is 12.1. The molecule has 2 fully saturated rings. The number of hydrogen-bond donors (Lipinski definition) is 1. The lowest BCUT2D eigenvalue weighted by Crippen LogP contribution is -2.44. The van der Waals surface area contributed by atoms with E-state index in [4.69, 9.17) is 5.73 Å². The molecule has 104 valence electrons. The second-order valence-electron chi connectivity index (χ2n) is 5.62. The summed E-state index contributed by atoms with van der Waals surface area (Å²) >= 11 is 0. The lowest BCUT2D eigenvalue weighted by atomic mass is 9.72. The number of halogens is 3. The van der Waals surface area contributed by atoms with E-state index < -0.39 is 12.6 Å². The Morgan fingerprint density at radius 2 is 2.00 bits per heavy atom. The first-order valence-corrected chi connectivity index (χ1v) is 6.35. The standard InChI is InChI=1S/C12H19F3N2O/c1-17(3-2-12(13,14)15)11(18)8-4-7-6-10(16)9(7)5-8/h7-10H,2-6,16H2,1H3/t7-,8?,9-,10+/m1/s1. The number of hydrogen-bond acceptors (Lipinski definition) is 2. The van der Waals surface area contributed by atoms with Gasteiger partial charge in [-0.15, -0.1) is 0 Å². The summed E-state index contributed by atoms with van der Waals surface area (Å²) in [6, 6.07) is 0.188. The molecule has 0 spiro atoms. The first-order valence-electron chi connectivity index (χ1n) is 6.35. The summed E-state index contributed by atoms with van der Waals surface area (Å²) in [6.45, 7) is -0.250. The summed E-state index contributed by atoms with van der Waals surface area (Å²) in [5.41, 5.74) is 5.84. The molecule has 0 bridgehead atoms. The zero-order valence-electron chi connectivity index (χ0n) is 10.4. The van der Waals surface area contributed by atoms with Crippen LogP contribution in [0.25, 0.3) is 0 Å². The van der Waals surface area contributed by atoms with Gasteiger partial charge in [-0.1, -0.05) is 0 Å². The van der Waals surface area contributed by atoms with Gasteiger partial charge < -0.3 is 10.6 Å². The van der Waals surface area contributed by atoms with Gasteiger partial charge in [-0.05, 0) is 31.1 Å². The molecular weight excluding hydrogens is 245 g/mol. The number of alkyl halides is 3. The highest BCUT2D eigenvalue weighted by Crippen LogP contribution is 2.49. The van der Waals surface area contributed by atoms with Crippen LogP contribution in [0.1, 0.15) is 25.7 Å². The van der Waals surface area contributed by atoms with Crippen LogP contribution < -0.4 is 5.73 Å². The molecule has 2 saturated carbocycles. The molecule has 18 heavy (non-hydrogen) atoms. The second-order valence-corrected chi connectivity index (χ2v) is 5.62. The van der Waals surface area contributed by atoms with Crippen molar-refractivity contribution in [3.63, 3.8) is 0 Å². The molecule has 4 atom stereocenters. The number of rotatable bonds is 3. The Kier molecular flexibility index (Phi) is 3.58. The van der Waals surface area contributed by atoms with Crippen molar-refractivity contribution in [2.45, 2.75) is 37.9 Å². The molecule has 6 heteroatoms. The fourth-order valence-electron chi connectivity index (χ4n) is 3.20. The average Bonchev–Trinajstić information content (AvgIpc) is 2.61. The highest BCUT2D eigenvalue weighted by molar-refractivity contribution is 5.79. The molecule has 1 unspecified atom stereocenters. The van der Waals surface area contributed by atoms with Crippen LogP contribution in [0, 0.1) is 17.8 Å².